The van der Waals surface area contributed by atoms with E-state index in [1.807, 2.05) is 0 Å². The molecule has 0 saturated heterocycles. The maximum atomic E-state index is 13.6. The van der Waals surface area contributed by atoms with Crippen molar-refractivity contribution < 1.29 is 18.6 Å². The maximum absolute atomic E-state index is 13.6. The minimum Gasteiger partial charge on any atom is -0.388 e. The van der Waals surface area contributed by atoms with Crippen LogP contribution >= 0.6 is 0 Å². The molecule has 1 aromatic carbocycles. The van der Waals surface area contributed by atoms with Crippen molar-refractivity contribution in [3.63, 3.8) is 0 Å². The number of aromatic nitrogens is 3. The zero-order chi connectivity index (χ0) is 14.5. The monoisotopic (exact) mass is 283 g/mol. The van der Waals surface area contributed by atoms with E-state index in [1.165, 1.54) is 12.1 Å². The number of hydrogen-bond acceptors (Lipinski definition) is 4. The average molecular weight is 283 g/mol. The van der Waals surface area contributed by atoms with Crippen molar-refractivity contribution in [3.05, 3.63) is 47.0 Å². The lowest BCUT2D eigenvalue weighted by molar-refractivity contribution is 0.181. The minimum absolute atomic E-state index is 0.169. The van der Waals surface area contributed by atoms with Crippen LogP contribution in [0.25, 0.3) is 0 Å². The van der Waals surface area contributed by atoms with Crippen LogP contribution in [0.3, 0.4) is 0 Å². The first-order valence-corrected chi connectivity index (χ1v) is 6.10. The van der Waals surface area contributed by atoms with Gasteiger partial charge in [-0.3, -0.25) is 0 Å². The van der Waals surface area contributed by atoms with Crippen LogP contribution in [0, 0.1) is 11.6 Å². The van der Waals surface area contributed by atoms with Gasteiger partial charge in [0.05, 0.1) is 6.61 Å². The Hall–Kier alpha value is -1.86. The van der Waals surface area contributed by atoms with E-state index < -0.39 is 11.6 Å². The van der Waals surface area contributed by atoms with Gasteiger partial charge in [0.25, 0.3) is 0 Å². The number of hydrogen-bond donors (Lipinski definition) is 1. The molecule has 1 N–H and O–H groups in total. The SMILES string of the molecule is COCCn1c(CO)nnc1Cc1ccc(F)cc1F. The molecule has 0 spiro atoms. The fourth-order valence-electron chi connectivity index (χ4n) is 1.90. The molecule has 0 saturated carbocycles. The number of aliphatic hydroxyl groups excluding tert-OH is 1. The van der Waals surface area contributed by atoms with Crippen LogP contribution < -0.4 is 0 Å². The quantitative estimate of drug-likeness (QED) is 0.867. The molecule has 0 fully saturated rings. The van der Waals surface area contributed by atoms with Crippen LogP contribution in [0.15, 0.2) is 18.2 Å². The predicted molar refractivity (Wildman–Crippen MR) is 67.0 cm³/mol. The lowest BCUT2D eigenvalue weighted by Gasteiger charge is -2.09. The molecule has 0 unspecified atom stereocenters. The van der Waals surface area contributed by atoms with Crippen molar-refractivity contribution in [3.8, 4) is 0 Å². The number of aliphatic hydroxyl groups is 1. The van der Waals surface area contributed by atoms with Crippen LogP contribution in [0.2, 0.25) is 0 Å². The third kappa shape index (κ3) is 3.17. The molecule has 0 atom stereocenters. The first kappa shape index (κ1) is 14.5. The third-order valence-electron chi connectivity index (χ3n) is 2.93. The van der Waals surface area contributed by atoms with Gasteiger partial charge in [-0.1, -0.05) is 6.07 Å². The van der Waals surface area contributed by atoms with E-state index in [4.69, 9.17) is 4.74 Å². The van der Waals surface area contributed by atoms with Gasteiger partial charge in [-0.15, -0.1) is 10.2 Å². The minimum atomic E-state index is -0.628. The predicted octanol–water partition coefficient (Wildman–Crippen LogP) is 1.29. The zero-order valence-corrected chi connectivity index (χ0v) is 11.0. The second-order valence-electron chi connectivity index (χ2n) is 4.25. The maximum Gasteiger partial charge on any atom is 0.158 e. The van der Waals surface area contributed by atoms with Crippen LogP contribution in [-0.2, 0) is 24.3 Å². The molecule has 20 heavy (non-hydrogen) atoms. The lowest BCUT2D eigenvalue weighted by Crippen LogP contribution is -2.12. The Morgan fingerprint density at radius 2 is 2.00 bits per heavy atom. The third-order valence-corrected chi connectivity index (χ3v) is 2.93. The van der Waals surface area contributed by atoms with Gasteiger partial charge in [0.1, 0.15) is 24.1 Å². The van der Waals surface area contributed by atoms with Gasteiger partial charge in [0.15, 0.2) is 5.82 Å². The Bertz CT molecular complexity index is 587. The van der Waals surface area contributed by atoms with E-state index in [2.05, 4.69) is 10.2 Å². The molecule has 5 nitrogen and oxygen atoms in total. The van der Waals surface area contributed by atoms with E-state index in [0.29, 0.717) is 30.4 Å². The summed E-state index contributed by atoms with van der Waals surface area (Å²) in [4.78, 5) is 0. The number of ether oxygens (including phenoxy) is 1. The summed E-state index contributed by atoms with van der Waals surface area (Å²) >= 11 is 0. The fourth-order valence-corrected chi connectivity index (χ4v) is 1.90. The molecule has 0 aliphatic rings. The standard InChI is InChI=1S/C13H15F2N3O2/c1-20-5-4-18-12(16-17-13(18)8-19)6-9-2-3-10(14)7-11(9)15/h2-3,7,19H,4-6,8H2,1H3. The molecule has 0 bridgehead atoms. The van der Waals surface area contributed by atoms with Crippen molar-refractivity contribution >= 4 is 0 Å². The highest BCUT2D eigenvalue weighted by Gasteiger charge is 2.14. The summed E-state index contributed by atoms with van der Waals surface area (Å²) in [5.41, 5.74) is 0.321. The van der Waals surface area contributed by atoms with Crippen molar-refractivity contribution in [1.29, 1.82) is 0 Å². The highest BCUT2D eigenvalue weighted by molar-refractivity contribution is 5.22. The number of methoxy groups -OCH3 is 1. The summed E-state index contributed by atoms with van der Waals surface area (Å²) < 4.78 is 33.2. The molecule has 2 aromatic rings. The van der Waals surface area contributed by atoms with Crippen LogP contribution in [0.1, 0.15) is 17.2 Å². The molecule has 0 aliphatic heterocycles. The van der Waals surface area contributed by atoms with Gasteiger partial charge in [-0.05, 0) is 11.6 Å². The Labute approximate surface area is 114 Å². The van der Waals surface area contributed by atoms with Crippen molar-refractivity contribution in [2.45, 2.75) is 19.6 Å². The zero-order valence-electron chi connectivity index (χ0n) is 11.0. The summed E-state index contributed by atoms with van der Waals surface area (Å²) in [6, 6.07) is 3.40. The first-order chi connectivity index (χ1) is 9.65. The molecule has 2 rings (SSSR count). The Kier molecular flexibility index (Phi) is 4.75. The van der Waals surface area contributed by atoms with E-state index in [1.54, 1.807) is 11.7 Å². The number of halogens is 2. The Balaban J connectivity index is 2.26. The summed E-state index contributed by atoms with van der Waals surface area (Å²) in [7, 11) is 1.56. The molecule has 0 radical (unpaired) electrons. The van der Waals surface area contributed by atoms with E-state index >= 15 is 0 Å². The molecule has 0 amide bonds. The summed E-state index contributed by atoms with van der Waals surface area (Å²) in [6.45, 7) is 0.615. The van der Waals surface area contributed by atoms with Crippen molar-refractivity contribution in [2.75, 3.05) is 13.7 Å². The number of rotatable bonds is 6. The average Bonchev–Trinajstić information content (AvgIpc) is 2.81. The number of benzene rings is 1. The molecule has 1 aromatic heterocycles. The molecule has 108 valence electrons. The van der Waals surface area contributed by atoms with Gasteiger partial charge in [0.2, 0.25) is 0 Å². The van der Waals surface area contributed by atoms with Gasteiger partial charge in [-0.2, -0.15) is 0 Å². The first-order valence-electron chi connectivity index (χ1n) is 6.10. The van der Waals surface area contributed by atoms with Crippen LogP contribution in [0.4, 0.5) is 8.78 Å². The smallest absolute Gasteiger partial charge is 0.158 e. The van der Waals surface area contributed by atoms with Crippen LogP contribution in [-0.4, -0.2) is 33.6 Å². The summed E-state index contributed by atoms with van der Waals surface area (Å²) in [6.07, 6.45) is 0.169. The van der Waals surface area contributed by atoms with E-state index in [0.717, 1.165) is 6.07 Å². The topological polar surface area (TPSA) is 60.2 Å². The fraction of sp³-hybridized carbons (Fsp3) is 0.385. The van der Waals surface area contributed by atoms with Gasteiger partial charge < -0.3 is 14.4 Å². The van der Waals surface area contributed by atoms with E-state index in [-0.39, 0.29) is 13.0 Å². The Morgan fingerprint density at radius 3 is 2.65 bits per heavy atom. The van der Waals surface area contributed by atoms with Crippen molar-refractivity contribution in [2.24, 2.45) is 0 Å². The molecule has 0 aliphatic carbocycles. The van der Waals surface area contributed by atoms with Crippen molar-refractivity contribution in [1.82, 2.24) is 14.8 Å². The summed E-state index contributed by atoms with van der Waals surface area (Å²) in [5.74, 6) is -0.365. The highest BCUT2D eigenvalue weighted by atomic mass is 19.1. The normalized spacial score (nSPS) is 11.0. The van der Waals surface area contributed by atoms with E-state index in [9.17, 15) is 13.9 Å². The highest BCUT2D eigenvalue weighted by Crippen LogP contribution is 2.14. The van der Waals surface area contributed by atoms with Crippen LogP contribution in [0.5, 0.6) is 0 Å². The number of nitrogens with zero attached hydrogens (tertiary/aromatic N) is 3. The summed E-state index contributed by atoms with van der Waals surface area (Å²) in [5, 5.41) is 17.0. The largest absolute Gasteiger partial charge is 0.388 e. The second-order valence-corrected chi connectivity index (χ2v) is 4.25. The molecular formula is C13H15F2N3O2. The second kappa shape index (κ2) is 6.53. The lowest BCUT2D eigenvalue weighted by atomic mass is 10.1. The Morgan fingerprint density at radius 1 is 1.25 bits per heavy atom. The molecular weight excluding hydrogens is 268 g/mol. The van der Waals surface area contributed by atoms with Gasteiger partial charge >= 0.3 is 0 Å². The van der Waals surface area contributed by atoms with Gasteiger partial charge in [0, 0.05) is 26.1 Å². The molecule has 1 heterocycles. The molecule has 7 heteroatoms. The van der Waals surface area contributed by atoms with Gasteiger partial charge in [-0.25, -0.2) is 8.78 Å².